The number of anilines is 1. The van der Waals surface area contributed by atoms with E-state index in [1.807, 2.05) is 25.1 Å². The molecule has 126 valence electrons. The number of benzene rings is 1. The number of carbonyl (C=O) groups excluding carboxylic acids is 1. The highest BCUT2D eigenvalue weighted by Gasteiger charge is 2.19. The number of ether oxygens (including phenoxy) is 2. The fourth-order valence-electron chi connectivity index (χ4n) is 3.07. The maximum atomic E-state index is 12.3. The Hall–Kier alpha value is -1.36. The van der Waals surface area contributed by atoms with E-state index in [1.165, 1.54) is 32.1 Å². The SMILES string of the molecule is CC(SCC1CCCCC1)C(=O)Nc1ccc2c(c1)OCCO2. The first kappa shape index (κ1) is 16.5. The Morgan fingerprint density at radius 3 is 2.74 bits per heavy atom. The average molecular weight is 335 g/mol. The lowest BCUT2D eigenvalue weighted by Gasteiger charge is -2.22. The lowest BCUT2D eigenvalue weighted by molar-refractivity contribution is -0.115. The smallest absolute Gasteiger partial charge is 0.237 e. The molecule has 0 saturated heterocycles. The zero-order valence-electron chi connectivity index (χ0n) is 13.7. The van der Waals surface area contributed by atoms with Crippen molar-refractivity contribution in [1.82, 2.24) is 0 Å². The molecule has 1 heterocycles. The molecule has 1 N–H and O–H groups in total. The first-order valence-electron chi connectivity index (χ1n) is 8.54. The van der Waals surface area contributed by atoms with Crippen molar-refractivity contribution in [3.05, 3.63) is 18.2 Å². The van der Waals surface area contributed by atoms with Crippen molar-refractivity contribution in [3.63, 3.8) is 0 Å². The standard InChI is InChI=1S/C18H25NO3S/c1-13(23-12-14-5-3-2-4-6-14)18(20)19-15-7-8-16-17(11-15)22-10-9-21-16/h7-8,11,13-14H,2-6,9-10,12H2,1H3,(H,19,20). The summed E-state index contributed by atoms with van der Waals surface area (Å²) >= 11 is 1.77. The molecule has 3 rings (SSSR count). The van der Waals surface area contributed by atoms with Crippen LogP contribution in [0, 0.1) is 5.92 Å². The molecule has 0 radical (unpaired) electrons. The van der Waals surface area contributed by atoms with E-state index < -0.39 is 0 Å². The van der Waals surface area contributed by atoms with E-state index in [2.05, 4.69) is 5.32 Å². The third-order valence-corrected chi connectivity index (χ3v) is 5.86. The topological polar surface area (TPSA) is 47.6 Å². The second-order valence-electron chi connectivity index (χ2n) is 6.33. The lowest BCUT2D eigenvalue weighted by Crippen LogP contribution is -2.24. The van der Waals surface area contributed by atoms with Crippen LogP contribution in [-0.4, -0.2) is 30.1 Å². The molecule has 0 aromatic heterocycles. The number of carbonyl (C=O) groups is 1. The molecular weight excluding hydrogens is 310 g/mol. The summed E-state index contributed by atoms with van der Waals surface area (Å²) in [6, 6.07) is 5.55. The zero-order valence-corrected chi connectivity index (χ0v) is 14.5. The Balaban J connectivity index is 1.49. The van der Waals surface area contributed by atoms with Gasteiger partial charge in [-0.2, -0.15) is 0 Å². The predicted molar refractivity (Wildman–Crippen MR) is 94.6 cm³/mol. The van der Waals surface area contributed by atoms with Crippen LogP contribution in [0.1, 0.15) is 39.0 Å². The molecule has 1 fully saturated rings. The van der Waals surface area contributed by atoms with Crippen LogP contribution in [0.3, 0.4) is 0 Å². The number of amides is 1. The molecule has 1 atom stereocenters. The summed E-state index contributed by atoms with van der Waals surface area (Å²) in [5.41, 5.74) is 0.768. The van der Waals surface area contributed by atoms with Gasteiger partial charge in [-0.05, 0) is 43.6 Å². The molecule has 5 heteroatoms. The number of hydrogen-bond acceptors (Lipinski definition) is 4. The maximum absolute atomic E-state index is 12.3. The highest BCUT2D eigenvalue weighted by atomic mass is 32.2. The third-order valence-electron chi connectivity index (χ3n) is 4.49. The van der Waals surface area contributed by atoms with E-state index in [0.29, 0.717) is 19.0 Å². The van der Waals surface area contributed by atoms with Gasteiger partial charge in [-0.3, -0.25) is 4.79 Å². The van der Waals surface area contributed by atoms with Gasteiger partial charge >= 0.3 is 0 Å². The quantitative estimate of drug-likeness (QED) is 0.880. The summed E-state index contributed by atoms with van der Waals surface area (Å²) < 4.78 is 11.0. The van der Waals surface area contributed by atoms with Gasteiger partial charge < -0.3 is 14.8 Å². The molecular formula is C18H25NO3S. The van der Waals surface area contributed by atoms with Gasteiger partial charge in [0.05, 0.1) is 5.25 Å². The van der Waals surface area contributed by atoms with Gasteiger partial charge in [-0.1, -0.05) is 19.3 Å². The highest BCUT2D eigenvalue weighted by molar-refractivity contribution is 8.00. The minimum Gasteiger partial charge on any atom is -0.486 e. The average Bonchev–Trinajstić information content (AvgIpc) is 2.60. The molecule has 1 aromatic rings. The minimum absolute atomic E-state index is 0.0369. The second-order valence-corrected chi connectivity index (χ2v) is 7.70. The number of hydrogen-bond donors (Lipinski definition) is 1. The maximum Gasteiger partial charge on any atom is 0.237 e. The van der Waals surface area contributed by atoms with Gasteiger partial charge in [-0.25, -0.2) is 0 Å². The molecule has 1 amide bonds. The van der Waals surface area contributed by atoms with E-state index in [4.69, 9.17) is 9.47 Å². The molecule has 1 saturated carbocycles. The van der Waals surface area contributed by atoms with Crippen LogP contribution in [0.15, 0.2) is 18.2 Å². The molecule has 23 heavy (non-hydrogen) atoms. The van der Waals surface area contributed by atoms with Crippen LogP contribution in [0.5, 0.6) is 11.5 Å². The Labute approximate surface area is 142 Å². The van der Waals surface area contributed by atoms with Gasteiger partial charge in [0.1, 0.15) is 13.2 Å². The first-order chi connectivity index (χ1) is 11.2. The first-order valence-corrected chi connectivity index (χ1v) is 9.59. The summed E-state index contributed by atoms with van der Waals surface area (Å²) in [7, 11) is 0. The van der Waals surface area contributed by atoms with E-state index >= 15 is 0 Å². The van der Waals surface area contributed by atoms with Crippen molar-refractivity contribution < 1.29 is 14.3 Å². The number of fused-ring (bicyclic) bond motifs is 1. The van der Waals surface area contributed by atoms with E-state index in [9.17, 15) is 4.79 Å². The molecule has 2 aliphatic rings. The Kier molecular flexibility index (Phi) is 5.70. The van der Waals surface area contributed by atoms with Crippen LogP contribution in [-0.2, 0) is 4.79 Å². The van der Waals surface area contributed by atoms with Crippen molar-refractivity contribution in [2.75, 3.05) is 24.3 Å². The third kappa shape index (κ3) is 4.56. The summed E-state index contributed by atoms with van der Waals surface area (Å²) in [6.45, 7) is 3.12. The summed E-state index contributed by atoms with van der Waals surface area (Å²) in [5, 5.41) is 2.95. The van der Waals surface area contributed by atoms with Gasteiger partial charge in [0.25, 0.3) is 0 Å². The normalized spacial score (nSPS) is 19.2. The fraction of sp³-hybridized carbons (Fsp3) is 0.611. The van der Waals surface area contributed by atoms with E-state index in [1.54, 1.807) is 11.8 Å². The van der Waals surface area contributed by atoms with E-state index in [-0.39, 0.29) is 11.2 Å². The predicted octanol–water partition coefficient (Wildman–Crippen LogP) is 4.10. The Morgan fingerprint density at radius 1 is 1.22 bits per heavy atom. The van der Waals surface area contributed by atoms with Crippen molar-refractivity contribution in [1.29, 1.82) is 0 Å². The summed E-state index contributed by atoms with van der Waals surface area (Å²) in [4.78, 5) is 12.3. The molecule has 1 aliphatic carbocycles. The van der Waals surface area contributed by atoms with Gasteiger partial charge in [0.15, 0.2) is 11.5 Å². The van der Waals surface area contributed by atoms with Gasteiger partial charge in [0, 0.05) is 11.8 Å². The van der Waals surface area contributed by atoms with Crippen molar-refractivity contribution in [2.24, 2.45) is 5.92 Å². The second kappa shape index (κ2) is 7.95. The number of nitrogens with one attached hydrogen (secondary N) is 1. The highest BCUT2D eigenvalue weighted by Crippen LogP contribution is 2.33. The van der Waals surface area contributed by atoms with E-state index in [0.717, 1.165) is 23.1 Å². The van der Waals surface area contributed by atoms with Crippen LogP contribution in [0.25, 0.3) is 0 Å². The van der Waals surface area contributed by atoms with Crippen molar-refractivity contribution in [2.45, 2.75) is 44.3 Å². The fourth-order valence-corrected chi connectivity index (χ4v) is 4.18. The molecule has 1 unspecified atom stereocenters. The van der Waals surface area contributed by atoms with Gasteiger partial charge in [0.2, 0.25) is 5.91 Å². The lowest BCUT2D eigenvalue weighted by atomic mass is 9.91. The zero-order chi connectivity index (χ0) is 16.1. The molecule has 1 aromatic carbocycles. The molecule has 1 aliphatic heterocycles. The minimum atomic E-state index is -0.0369. The molecule has 0 spiro atoms. The van der Waals surface area contributed by atoms with Gasteiger partial charge in [-0.15, -0.1) is 11.8 Å². The van der Waals surface area contributed by atoms with Crippen LogP contribution in [0.4, 0.5) is 5.69 Å². The summed E-state index contributed by atoms with van der Waals surface area (Å²) in [6.07, 6.45) is 6.72. The van der Waals surface area contributed by atoms with Crippen LogP contribution < -0.4 is 14.8 Å². The largest absolute Gasteiger partial charge is 0.486 e. The number of rotatable bonds is 5. The summed E-state index contributed by atoms with van der Waals surface area (Å²) in [5.74, 6) is 3.39. The monoisotopic (exact) mass is 335 g/mol. The molecule has 4 nitrogen and oxygen atoms in total. The number of thioether (sulfide) groups is 1. The van der Waals surface area contributed by atoms with Crippen molar-refractivity contribution in [3.8, 4) is 11.5 Å². The van der Waals surface area contributed by atoms with Crippen molar-refractivity contribution >= 4 is 23.4 Å². The Bertz CT molecular complexity index is 543. The van der Waals surface area contributed by atoms with Crippen LogP contribution in [0.2, 0.25) is 0 Å². The molecule has 0 bridgehead atoms. The van der Waals surface area contributed by atoms with Crippen LogP contribution >= 0.6 is 11.8 Å². The Morgan fingerprint density at radius 2 is 1.96 bits per heavy atom.